The minimum atomic E-state index is -0.428. The van der Waals surface area contributed by atoms with Gasteiger partial charge >= 0.3 is 6.09 Å². The number of aromatic amines is 1. The van der Waals surface area contributed by atoms with Gasteiger partial charge in [-0.1, -0.05) is 30.3 Å². The minimum Gasteiger partial charge on any atom is -0.497 e. The van der Waals surface area contributed by atoms with Crippen molar-refractivity contribution in [1.82, 2.24) is 19.8 Å². The fraction of sp³-hybridized carbons (Fsp3) is 0.321. The summed E-state index contributed by atoms with van der Waals surface area (Å²) in [6.45, 7) is 4.59. The summed E-state index contributed by atoms with van der Waals surface area (Å²) in [7, 11) is 1.67. The quantitative estimate of drug-likeness (QED) is 0.380. The molecule has 6 rings (SSSR count). The van der Waals surface area contributed by atoms with Crippen molar-refractivity contribution in [1.29, 1.82) is 0 Å². The van der Waals surface area contributed by atoms with E-state index in [0.29, 0.717) is 18.7 Å². The summed E-state index contributed by atoms with van der Waals surface area (Å²) in [5.74, 6) is 1.41. The Kier molecular flexibility index (Phi) is 6.13. The van der Waals surface area contributed by atoms with Gasteiger partial charge in [0.25, 0.3) is 0 Å². The molecule has 36 heavy (non-hydrogen) atoms. The van der Waals surface area contributed by atoms with Crippen molar-refractivity contribution in [3.05, 3.63) is 83.3 Å². The molecule has 8 heteroatoms. The van der Waals surface area contributed by atoms with Gasteiger partial charge in [0.05, 0.1) is 32.1 Å². The number of carbonyl (C=O) groups excluding carboxylic acids is 1. The second-order valence-electron chi connectivity index (χ2n) is 9.22. The normalized spacial score (nSPS) is 17.4. The Labute approximate surface area is 209 Å². The number of rotatable bonds is 6. The van der Waals surface area contributed by atoms with Crippen LogP contribution in [0.4, 0.5) is 4.79 Å². The molecule has 2 aliphatic rings. The zero-order chi connectivity index (χ0) is 24.5. The van der Waals surface area contributed by atoms with Crippen LogP contribution in [0.15, 0.2) is 60.8 Å². The Morgan fingerprint density at radius 3 is 2.72 bits per heavy atom. The summed E-state index contributed by atoms with van der Waals surface area (Å²) in [6, 6.07) is 18.3. The maximum absolute atomic E-state index is 12.7. The van der Waals surface area contributed by atoms with E-state index in [1.807, 2.05) is 30.5 Å². The van der Waals surface area contributed by atoms with E-state index >= 15 is 0 Å². The monoisotopic (exact) mass is 486 g/mol. The summed E-state index contributed by atoms with van der Waals surface area (Å²) < 4.78 is 18.8. The standard InChI is InChI=1S/C28H30N4O4/c1-34-20-8-6-19(7-9-20)27-26-22(21-4-2-3-5-23(21)30-26)18-24-25(10-12-32(24)27)36-28(33)29-11-13-31-14-16-35-17-15-31/h2-10,12,27,30H,11,13-18H2,1H3,(H,29,33). The van der Waals surface area contributed by atoms with Gasteiger partial charge in [-0.15, -0.1) is 0 Å². The number of nitrogens with zero attached hydrogens (tertiary/aromatic N) is 2. The molecule has 0 radical (unpaired) electrons. The number of fused-ring (bicyclic) bond motifs is 4. The molecule has 2 N–H and O–H groups in total. The van der Waals surface area contributed by atoms with Crippen molar-refractivity contribution < 1.29 is 19.0 Å². The molecular formula is C28H30N4O4. The van der Waals surface area contributed by atoms with Gasteiger partial charge in [0.2, 0.25) is 0 Å². The Balaban J connectivity index is 1.27. The van der Waals surface area contributed by atoms with Crippen LogP contribution in [0.1, 0.15) is 28.6 Å². The topological polar surface area (TPSA) is 80.8 Å². The van der Waals surface area contributed by atoms with E-state index in [0.717, 1.165) is 61.1 Å². The smallest absolute Gasteiger partial charge is 0.412 e. The van der Waals surface area contributed by atoms with E-state index in [4.69, 9.17) is 14.2 Å². The molecule has 2 aromatic heterocycles. The lowest BCUT2D eigenvalue weighted by molar-refractivity contribution is 0.0385. The third-order valence-electron chi connectivity index (χ3n) is 7.16. The number of H-pyrrole nitrogens is 1. The van der Waals surface area contributed by atoms with Crippen molar-refractivity contribution >= 4 is 17.0 Å². The third kappa shape index (κ3) is 4.23. The van der Waals surface area contributed by atoms with Crippen LogP contribution in [0.3, 0.4) is 0 Å². The average molecular weight is 487 g/mol. The second-order valence-corrected chi connectivity index (χ2v) is 9.22. The predicted molar refractivity (Wildman–Crippen MR) is 137 cm³/mol. The second kappa shape index (κ2) is 9.72. The van der Waals surface area contributed by atoms with Crippen LogP contribution >= 0.6 is 0 Å². The number of morpholine rings is 1. The van der Waals surface area contributed by atoms with Gasteiger partial charge in [0.1, 0.15) is 5.75 Å². The highest BCUT2D eigenvalue weighted by Crippen LogP contribution is 2.42. The van der Waals surface area contributed by atoms with E-state index in [-0.39, 0.29) is 6.04 Å². The molecule has 8 nitrogen and oxygen atoms in total. The molecule has 1 fully saturated rings. The fourth-order valence-electron chi connectivity index (χ4n) is 5.32. The van der Waals surface area contributed by atoms with Crippen molar-refractivity contribution in [3.8, 4) is 11.5 Å². The summed E-state index contributed by atoms with van der Waals surface area (Å²) in [5.41, 5.74) is 5.61. The number of nitrogens with one attached hydrogen (secondary N) is 2. The van der Waals surface area contributed by atoms with Crippen molar-refractivity contribution in [2.45, 2.75) is 12.5 Å². The Hall–Kier alpha value is -3.75. The van der Waals surface area contributed by atoms with Gasteiger partial charge in [-0.25, -0.2) is 4.79 Å². The predicted octanol–water partition coefficient (Wildman–Crippen LogP) is 3.94. The van der Waals surface area contributed by atoms with Crippen LogP contribution in [0.25, 0.3) is 10.9 Å². The lowest BCUT2D eigenvalue weighted by Gasteiger charge is -2.28. The van der Waals surface area contributed by atoms with E-state index in [9.17, 15) is 4.79 Å². The Morgan fingerprint density at radius 1 is 1.11 bits per heavy atom. The molecule has 1 unspecified atom stereocenters. The molecule has 1 amide bonds. The van der Waals surface area contributed by atoms with Crippen molar-refractivity contribution in [2.75, 3.05) is 46.5 Å². The highest BCUT2D eigenvalue weighted by Gasteiger charge is 2.32. The Bertz CT molecular complexity index is 1370. The number of benzene rings is 2. The molecule has 1 atom stereocenters. The first-order valence-electron chi connectivity index (χ1n) is 12.4. The van der Waals surface area contributed by atoms with Gasteiger partial charge in [-0.3, -0.25) is 4.90 Å². The maximum atomic E-state index is 12.7. The molecule has 4 heterocycles. The van der Waals surface area contributed by atoms with Gasteiger partial charge in [0, 0.05) is 55.4 Å². The highest BCUT2D eigenvalue weighted by molar-refractivity contribution is 5.86. The average Bonchev–Trinajstić information content (AvgIpc) is 3.49. The number of amides is 1. The molecule has 2 aromatic carbocycles. The van der Waals surface area contributed by atoms with E-state index in [2.05, 4.69) is 50.1 Å². The fourth-order valence-corrected chi connectivity index (χ4v) is 5.32. The number of carbonyl (C=O) groups is 1. The lowest BCUT2D eigenvalue weighted by Crippen LogP contribution is -2.41. The highest BCUT2D eigenvalue weighted by atomic mass is 16.6. The lowest BCUT2D eigenvalue weighted by atomic mass is 9.93. The van der Waals surface area contributed by atoms with E-state index < -0.39 is 6.09 Å². The molecule has 0 aliphatic carbocycles. The molecular weight excluding hydrogens is 456 g/mol. The van der Waals surface area contributed by atoms with Gasteiger partial charge in [0.15, 0.2) is 5.75 Å². The number of para-hydroxylation sites is 1. The first-order chi connectivity index (χ1) is 17.7. The molecule has 1 saturated heterocycles. The van der Waals surface area contributed by atoms with E-state index in [1.54, 1.807) is 7.11 Å². The van der Waals surface area contributed by atoms with Crippen LogP contribution < -0.4 is 14.8 Å². The first kappa shape index (κ1) is 22.7. The summed E-state index contributed by atoms with van der Waals surface area (Å²) in [4.78, 5) is 18.6. The molecule has 0 spiro atoms. The molecule has 186 valence electrons. The van der Waals surface area contributed by atoms with Gasteiger partial charge in [-0.05, 0) is 35.4 Å². The number of hydrogen-bond acceptors (Lipinski definition) is 5. The molecule has 4 aromatic rings. The maximum Gasteiger partial charge on any atom is 0.412 e. The minimum absolute atomic E-state index is 0.0659. The summed E-state index contributed by atoms with van der Waals surface area (Å²) in [6.07, 6.45) is 2.26. The van der Waals surface area contributed by atoms with Crippen molar-refractivity contribution in [3.63, 3.8) is 0 Å². The van der Waals surface area contributed by atoms with Gasteiger partial charge < -0.3 is 29.1 Å². The molecule has 0 saturated carbocycles. The SMILES string of the molecule is COc1ccc(C2c3[nH]c4ccccc4c3Cc3c(OC(=O)NCCN4CCOCC4)ccn32)cc1. The number of methoxy groups -OCH3 is 1. The summed E-state index contributed by atoms with van der Waals surface area (Å²) >= 11 is 0. The summed E-state index contributed by atoms with van der Waals surface area (Å²) in [5, 5.41) is 4.10. The third-order valence-corrected chi connectivity index (χ3v) is 7.16. The number of hydrogen-bond donors (Lipinski definition) is 2. The van der Waals surface area contributed by atoms with E-state index in [1.165, 1.54) is 10.9 Å². The van der Waals surface area contributed by atoms with Crippen molar-refractivity contribution in [2.24, 2.45) is 0 Å². The van der Waals surface area contributed by atoms with Crippen LogP contribution in [0.2, 0.25) is 0 Å². The zero-order valence-corrected chi connectivity index (χ0v) is 20.3. The van der Waals surface area contributed by atoms with Crippen LogP contribution in [-0.2, 0) is 11.2 Å². The Morgan fingerprint density at radius 2 is 1.92 bits per heavy atom. The number of aromatic nitrogens is 2. The van der Waals surface area contributed by atoms with Gasteiger partial charge in [-0.2, -0.15) is 0 Å². The van der Waals surface area contributed by atoms with Crippen LogP contribution in [-0.4, -0.2) is 67.0 Å². The van der Waals surface area contributed by atoms with Crippen LogP contribution in [0.5, 0.6) is 11.5 Å². The molecule has 0 bridgehead atoms. The van der Waals surface area contributed by atoms with Crippen LogP contribution in [0, 0.1) is 0 Å². The largest absolute Gasteiger partial charge is 0.497 e. The first-order valence-corrected chi connectivity index (χ1v) is 12.4. The number of ether oxygens (including phenoxy) is 3. The zero-order valence-electron chi connectivity index (χ0n) is 20.3. The molecule has 2 aliphatic heterocycles.